The number of likely N-dealkylation sites (N-methyl/N-ethyl adjacent to an activating group) is 2. The van der Waals surface area contributed by atoms with Crippen LogP contribution in [-0.4, -0.2) is 79.8 Å². The molecule has 1 aromatic heterocycles. The minimum absolute atomic E-state index is 0.0841. The average Bonchev–Trinajstić information content (AvgIpc) is 3.34. The van der Waals surface area contributed by atoms with Gasteiger partial charge in [0.1, 0.15) is 5.75 Å². The molecule has 0 unspecified atom stereocenters. The van der Waals surface area contributed by atoms with E-state index in [1.54, 1.807) is 11.9 Å². The molecular formula is C34H52N4O5S. The number of nitrogens with zero attached hydrogens (tertiary/aromatic N) is 3. The quantitative estimate of drug-likeness (QED) is 0.101. The van der Waals surface area contributed by atoms with Crippen LogP contribution in [0.25, 0.3) is 22.2 Å². The maximum Gasteiger partial charge on any atom is 0.337 e. The highest BCUT2D eigenvalue weighted by atomic mass is 32.2. The average molecular weight is 629 g/mol. The van der Waals surface area contributed by atoms with Gasteiger partial charge in [-0.3, -0.25) is 9.93 Å². The van der Waals surface area contributed by atoms with Gasteiger partial charge in [-0.15, -0.1) is 0 Å². The van der Waals surface area contributed by atoms with Crippen LogP contribution in [0.2, 0.25) is 0 Å². The smallest absolute Gasteiger partial charge is 0.337 e. The van der Waals surface area contributed by atoms with Crippen molar-refractivity contribution < 1.29 is 23.8 Å². The summed E-state index contributed by atoms with van der Waals surface area (Å²) in [5.74, 6) is 0.494. The van der Waals surface area contributed by atoms with E-state index in [0.29, 0.717) is 43.5 Å². The number of aromatic nitrogens is 1. The van der Waals surface area contributed by atoms with Gasteiger partial charge in [0.05, 0.1) is 31.6 Å². The third kappa shape index (κ3) is 9.72. The summed E-state index contributed by atoms with van der Waals surface area (Å²) in [5, 5.41) is 6.62. The summed E-state index contributed by atoms with van der Waals surface area (Å²) >= 11 is 1.16. The van der Waals surface area contributed by atoms with E-state index in [4.69, 9.17) is 19.3 Å². The van der Waals surface area contributed by atoms with Crippen molar-refractivity contribution in [3.8, 4) is 17.0 Å². The lowest BCUT2D eigenvalue weighted by molar-refractivity contribution is -0.132. The normalized spacial score (nSPS) is 11.1. The second-order valence-corrected chi connectivity index (χ2v) is 11.3. The van der Waals surface area contributed by atoms with Crippen molar-refractivity contribution >= 4 is 34.9 Å². The van der Waals surface area contributed by atoms with Crippen LogP contribution in [-0.2, 0) is 21.3 Å². The first-order chi connectivity index (χ1) is 21.3. The van der Waals surface area contributed by atoms with E-state index in [1.807, 2.05) is 74.7 Å². The number of carbonyl (C=O) groups excluding carboxylic acids is 2. The third-order valence-corrected chi connectivity index (χ3v) is 8.11. The number of hydrogen-bond donors (Lipinski definition) is 1. The van der Waals surface area contributed by atoms with Crippen molar-refractivity contribution in [2.45, 2.75) is 59.3 Å². The van der Waals surface area contributed by atoms with Crippen LogP contribution < -0.4 is 9.88 Å². The molecular weight excluding hydrogens is 576 g/mol. The predicted molar refractivity (Wildman–Crippen MR) is 182 cm³/mol. The Balaban J connectivity index is 0.00000330. The second kappa shape index (κ2) is 19.4. The summed E-state index contributed by atoms with van der Waals surface area (Å²) in [6.07, 6.45) is 4.22. The van der Waals surface area contributed by atoms with Crippen molar-refractivity contribution in [2.24, 2.45) is 12.2 Å². The molecule has 3 aromatic rings. The van der Waals surface area contributed by atoms with Gasteiger partial charge >= 0.3 is 5.97 Å². The molecule has 3 rings (SSSR count). The molecule has 0 aliphatic carbocycles. The van der Waals surface area contributed by atoms with Gasteiger partial charge in [0.25, 0.3) is 5.91 Å². The SMILES string of the molecule is CC.CCCC(CCC)c1c(-c2ccccc2OCC(=O)N(C)CCOCCN(C)SN)n(C)c2cc(C(=O)OC)ccc12. The maximum absolute atomic E-state index is 12.9. The van der Waals surface area contributed by atoms with Gasteiger partial charge in [-0.1, -0.05) is 58.7 Å². The fourth-order valence-corrected chi connectivity index (χ4v) is 5.47. The summed E-state index contributed by atoms with van der Waals surface area (Å²) in [4.78, 5) is 26.9. The van der Waals surface area contributed by atoms with Crippen molar-refractivity contribution in [1.29, 1.82) is 0 Å². The number of methoxy groups -OCH3 is 1. The summed E-state index contributed by atoms with van der Waals surface area (Å²) in [6, 6.07) is 13.6. The Morgan fingerprint density at radius 2 is 1.66 bits per heavy atom. The van der Waals surface area contributed by atoms with Crippen molar-refractivity contribution in [3.05, 3.63) is 53.6 Å². The van der Waals surface area contributed by atoms with Crippen molar-refractivity contribution in [2.75, 3.05) is 54.1 Å². The number of aryl methyl sites for hydroxylation is 1. The number of carbonyl (C=O) groups is 2. The number of nitrogens with two attached hydrogens (primary N) is 1. The molecule has 0 spiro atoms. The largest absolute Gasteiger partial charge is 0.483 e. The van der Waals surface area contributed by atoms with Crippen LogP contribution in [0.4, 0.5) is 0 Å². The fourth-order valence-electron chi connectivity index (χ4n) is 5.29. The van der Waals surface area contributed by atoms with Crippen LogP contribution in [0.1, 0.15) is 75.2 Å². The number of ether oxygens (including phenoxy) is 3. The first-order valence-electron chi connectivity index (χ1n) is 15.6. The Hall–Kier alpha value is -3.05. The molecule has 0 aliphatic rings. The Bertz CT molecular complexity index is 1320. The molecule has 0 radical (unpaired) electrons. The number of esters is 1. The molecule has 0 atom stereocenters. The van der Waals surface area contributed by atoms with Gasteiger partial charge in [-0.05, 0) is 55.6 Å². The first kappa shape index (κ1) is 37.1. The zero-order valence-corrected chi connectivity index (χ0v) is 28.7. The monoisotopic (exact) mass is 628 g/mol. The lowest BCUT2D eigenvalue weighted by atomic mass is 9.86. The van der Waals surface area contributed by atoms with E-state index >= 15 is 0 Å². The minimum atomic E-state index is -0.362. The zero-order valence-electron chi connectivity index (χ0n) is 27.9. The number of para-hydroxylation sites is 1. The Labute approximate surface area is 268 Å². The molecule has 0 fully saturated rings. The standard InChI is InChI=1S/C32H46N4O5S.C2H6/c1-7-11-23(12-8-2)30-25-16-15-24(32(38)39-6)21-27(25)36(5)31(30)26-13-9-10-14-28(26)41-22-29(37)34(3)17-19-40-20-18-35(4)42-33;1-2/h9-10,13-16,21,23H,7-8,11-12,17-20,22,33H2,1-6H3;1-2H3. The summed E-state index contributed by atoms with van der Waals surface area (Å²) in [5.41, 5.74) is 4.69. The molecule has 2 aromatic carbocycles. The van der Waals surface area contributed by atoms with E-state index in [1.165, 1.54) is 12.7 Å². The van der Waals surface area contributed by atoms with Gasteiger partial charge in [0, 0.05) is 55.8 Å². The molecule has 244 valence electrons. The number of amides is 1. The van der Waals surface area contributed by atoms with Gasteiger partial charge in [0.15, 0.2) is 6.61 Å². The van der Waals surface area contributed by atoms with Crippen LogP contribution in [0.5, 0.6) is 5.75 Å². The fraction of sp³-hybridized carbons (Fsp3) is 0.529. The number of fused-ring (bicyclic) bond motifs is 1. The minimum Gasteiger partial charge on any atom is -0.483 e. The highest BCUT2D eigenvalue weighted by Crippen LogP contribution is 2.44. The topological polar surface area (TPSA) is 99.3 Å². The highest BCUT2D eigenvalue weighted by Gasteiger charge is 2.26. The molecule has 1 heterocycles. The lowest BCUT2D eigenvalue weighted by Gasteiger charge is -2.21. The van der Waals surface area contributed by atoms with Gasteiger partial charge in [-0.2, -0.15) is 0 Å². The lowest BCUT2D eigenvalue weighted by Crippen LogP contribution is -2.34. The molecule has 44 heavy (non-hydrogen) atoms. The Morgan fingerprint density at radius 3 is 2.30 bits per heavy atom. The zero-order chi connectivity index (χ0) is 32.6. The van der Waals surface area contributed by atoms with Crippen LogP contribution in [0, 0.1) is 0 Å². The van der Waals surface area contributed by atoms with Crippen LogP contribution in [0.3, 0.4) is 0 Å². The van der Waals surface area contributed by atoms with Gasteiger partial charge < -0.3 is 23.7 Å². The van der Waals surface area contributed by atoms with E-state index in [-0.39, 0.29) is 18.5 Å². The maximum atomic E-state index is 12.9. The molecule has 0 aliphatic heterocycles. The number of rotatable bonds is 17. The molecule has 0 saturated carbocycles. The molecule has 1 amide bonds. The second-order valence-electron chi connectivity index (χ2n) is 10.5. The Kier molecular flexibility index (Phi) is 16.3. The number of hydrogen-bond acceptors (Lipinski definition) is 8. The first-order valence-corrected chi connectivity index (χ1v) is 16.4. The molecule has 10 heteroatoms. The summed E-state index contributed by atoms with van der Waals surface area (Å²) in [7, 11) is 7.07. The molecule has 0 bridgehead atoms. The van der Waals surface area contributed by atoms with Crippen LogP contribution in [0.15, 0.2) is 42.5 Å². The number of benzene rings is 2. The van der Waals surface area contributed by atoms with Gasteiger partial charge in [0.2, 0.25) is 0 Å². The van der Waals surface area contributed by atoms with E-state index in [2.05, 4.69) is 18.4 Å². The molecule has 0 saturated heterocycles. The summed E-state index contributed by atoms with van der Waals surface area (Å²) < 4.78 is 20.8. The van der Waals surface area contributed by atoms with Crippen molar-refractivity contribution in [3.63, 3.8) is 0 Å². The van der Waals surface area contributed by atoms with E-state index in [9.17, 15) is 9.59 Å². The Morgan fingerprint density at radius 1 is 1.00 bits per heavy atom. The summed E-state index contributed by atoms with van der Waals surface area (Å²) in [6.45, 7) is 10.5. The molecule has 9 nitrogen and oxygen atoms in total. The van der Waals surface area contributed by atoms with E-state index in [0.717, 1.165) is 60.0 Å². The van der Waals surface area contributed by atoms with Crippen molar-refractivity contribution in [1.82, 2.24) is 13.8 Å². The third-order valence-electron chi connectivity index (χ3n) is 7.56. The van der Waals surface area contributed by atoms with Crippen LogP contribution >= 0.6 is 12.1 Å². The molecule has 2 N–H and O–H groups in total. The van der Waals surface area contributed by atoms with Gasteiger partial charge in [-0.25, -0.2) is 9.10 Å². The predicted octanol–water partition coefficient (Wildman–Crippen LogP) is 6.65. The highest BCUT2D eigenvalue weighted by molar-refractivity contribution is 7.94. The van der Waals surface area contributed by atoms with E-state index < -0.39 is 0 Å².